The Morgan fingerprint density at radius 1 is 1.30 bits per heavy atom. The normalized spacial score (nSPS) is 22.3. The molecule has 1 aromatic carbocycles. The largest absolute Gasteiger partial charge is 0.481 e. The van der Waals surface area contributed by atoms with Crippen LogP contribution in [0.25, 0.3) is 0 Å². The van der Waals surface area contributed by atoms with Crippen LogP contribution >= 0.6 is 0 Å². The lowest BCUT2D eigenvalue weighted by molar-refractivity contribution is -0.141. The zero-order valence-electron chi connectivity index (χ0n) is 14.0. The Labute approximate surface area is 134 Å². The molecule has 1 aliphatic rings. The van der Waals surface area contributed by atoms with E-state index in [1.807, 2.05) is 13.8 Å². The summed E-state index contributed by atoms with van der Waals surface area (Å²) in [5.74, 6) is -1.57. The second kappa shape index (κ2) is 5.22. The lowest BCUT2D eigenvalue weighted by Gasteiger charge is -2.23. The van der Waals surface area contributed by atoms with Crippen molar-refractivity contribution in [1.82, 2.24) is 0 Å². The van der Waals surface area contributed by atoms with Crippen LogP contribution in [0.1, 0.15) is 46.6 Å². The summed E-state index contributed by atoms with van der Waals surface area (Å²) < 4.78 is 18.9. The number of nitrogens with one attached hydrogen (secondary N) is 1. The fourth-order valence-corrected chi connectivity index (χ4v) is 2.95. The number of carboxylic acid groups (broad SMARTS) is 1. The zero-order chi connectivity index (χ0) is 17.6. The first kappa shape index (κ1) is 17.2. The number of benzene rings is 1. The van der Waals surface area contributed by atoms with Gasteiger partial charge in [-0.1, -0.05) is 13.8 Å². The lowest BCUT2D eigenvalue weighted by atomic mass is 9.86. The van der Waals surface area contributed by atoms with Gasteiger partial charge in [0.05, 0.1) is 0 Å². The van der Waals surface area contributed by atoms with Crippen LogP contribution in [-0.4, -0.2) is 22.8 Å². The molecule has 1 fully saturated rings. The van der Waals surface area contributed by atoms with Gasteiger partial charge in [0.1, 0.15) is 16.8 Å². The highest BCUT2D eigenvalue weighted by Gasteiger charge is 2.68. The van der Waals surface area contributed by atoms with Crippen LogP contribution in [0, 0.1) is 11.2 Å². The van der Waals surface area contributed by atoms with Gasteiger partial charge in [-0.15, -0.1) is 0 Å². The number of anilines is 1. The number of ether oxygens (including phenoxy) is 1. The van der Waals surface area contributed by atoms with E-state index in [-0.39, 0.29) is 11.3 Å². The number of halogens is 1. The van der Waals surface area contributed by atoms with Crippen LogP contribution in [0.4, 0.5) is 14.9 Å². The molecule has 0 heterocycles. The Morgan fingerprint density at radius 3 is 2.30 bits per heavy atom. The Kier molecular flexibility index (Phi) is 3.91. The van der Waals surface area contributed by atoms with E-state index in [1.54, 1.807) is 20.8 Å². The second-order valence-electron chi connectivity index (χ2n) is 7.59. The summed E-state index contributed by atoms with van der Waals surface area (Å²) in [6.45, 7) is 8.79. The highest BCUT2D eigenvalue weighted by Crippen LogP contribution is 2.65. The average molecular weight is 323 g/mol. The first-order valence-corrected chi connectivity index (χ1v) is 7.42. The smallest absolute Gasteiger partial charge is 0.412 e. The van der Waals surface area contributed by atoms with Crippen molar-refractivity contribution in [3.8, 4) is 0 Å². The Balaban J connectivity index is 2.40. The van der Waals surface area contributed by atoms with Gasteiger partial charge in [-0.05, 0) is 56.4 Å². The van der Waals surface area contributed by atoms with Crippen molar-refractivity contribution in [3.05, 3.63) is 29.6 Å². The number of rotatable bonds is 3. The van der Waals surface area contributed by atoms with Crippen LogP contribution in [0.15, 0.2) is 18.2 Å². The fraction of sp³-hybridized carbons (Fsp3) is 0.529. The summed E-state index contributed by atoms with van der Waals surface area (Å²) in [6.07, 6.45) is -0.328. The topological polar surface area (TPSA) is 75.6 Å². The number of hydrogen-bond acceptors (Lipinski definition) is 3. The first-order valence-electron chi connectivity index (χ1n) is 7.42. The third-order valence-electron chi connectivity index (χ3n) is 4.18. The van der Waals surface area contributed by atoms with Crippen molar-refractivity contribution in [2.24, 2.45) is 5.41 Å². The van der Waals surface area contributed by atoms with Crippen LogP contribution in [-0.2, 0) is 14.9 Å². The summed E-state index contributed by atoms with van der Waals surface area (Å²) in [5, 5.41) is 12.2. The van der Waals surface area contributed by atoms with Crippen molar-refractivity contribution < 1.29 is 23.8 Å². The SMILES string of the molecule is CC(C)(C)OC(=O)Nc1ccc(F)cc1C1(C(=O)O)CC1(C)C. The molecule has 2 N–H and O–H groups in total. The van der Waals surface area contributed by atoms with Gasteiger partial charge in [-0.3, -0.25) is 10.1 Å². The molecule has 0 spiro atoms. The number of aliphatic carboxylic acids is 1. The molecule has 0 aliphatic heterocycles. The minimum absolute atomic E-state index is 0.258. The van der Waals surface area contributed by atoms with Gasteiger partial charge in [-0.25, -0.2) is 9.18 Å². The predicted octanol–water partition coefficient (Wildman–Crippen LogP) is 3.93. The van der Waals surface area contributed by atoms with Gasteiger partial charge in [0, 0.05) is 5.69 Å². The molecule has 2 rings (SSSR count). The summed E-state index contributed by atoms with van der Waals surface area (Å²) in [4.78, 5) is 23.8. The highest BCUT2D eigenvalue weighted by atomic mass is 19.1. The molecular formula is C17H22FNO4. The molecule has 1 atom stereocenters. The van der Waals surface area contributed by atoms with E-state index >= 15 is 0 Å². The lowest BCUT2D eigenvalue weighted by Crippen LogP contribution is -2.30. The molecule has 1 aromatic rings. The van der Waals surface area contributed by atoms with Gasteiger partial charge in [0.15, 0.2) is 0 Å². The maximum absolute atomic E-state index is 13.7. The van der Waals surface area contributed by atoms with E-state index in [4.69, 9.17) is 4.74 Å². The van der Waals surface area contributed by atoms with Crippen LogP contribution < -0.4 is 5.32 Å². The Morgan fingerprint density at radius 2 is 1.87 bits per heavy atom. The van der Waals surface area contributed by atoms with Crippen LogP contribution in [0.2, 0.25) is 0 Å². The van der Waals surface area contributed by atoms with Gasteiger partial charge >= 0.3 is 12.1 Å². The van der Waals surface area contributed by atoms with Gasteiger partial charge in [0.2, 0.25) is 0 Å². The third-order valence-corrected chi connectivity index (χ3v) is 4.18. The van der Waals surface area contributed by atoms with Crippen molar-refractivity contribution >= 4 is 17.7 Å². The number of carboxylic acids is 1. The van der Waals surface area contributed by atoms with E-state index in [1.165, 1.54) is 18.2 Å². The quantitative estimate of drug-likeness (QED) is 0.884. The van der Waals surface area contributed by atoms with E-state index in [2.05, 4.69) is 5.32 Å². The highest BCUT2D eigenvalue weighted by molar-refractivity contribution is 5.93. The minimum Gasteiger partial charge on any atom is -0.481 e. The summed E-state index contributed by atoms with van der Waals surface area (Å²) in [6, 6.07) is 3.73. The van der Waals surface area contributed by atoms with Crippen molar-refractivity contribution in [2.45, 2.75) is 52.1 Å². The summed E-state index contributed by atoms with van der Waals surface area (Å²) >= 11 is 0. The Hall–Kier alpha value is -2.11. The van der Waals surface area contributed by atoms with Crippen molar-refractivity contribution in [3.63, 3.8) is 0 Å². The number of amides is 1. The molecule has 126 valence electrons. The molecule has 6 heteroatoms. The van der Waals surface area contributed by atoms with E-state index < -0.39 is 34.3 Å². The van der Waals surface area contributed by atoms with Crippen molar-refractivity contribution in [2.75, 3.05) is 5.32 Å². The number of carbonyl (C=O) groups excluding carboxylic acids is 1. The molecule has 1 aliphatic carbocycles. The van der Waals surface area contributed by atoms with E-state index in [0.717, 1.165) is 0 Å². The molecule has 0 saturated heterocycles. The van der Waals surface area contributed by atoms with Crippen LogP contribution in [0.3, 0.4) is 0 Å². The molecule has 0 aromatic heterocycles. The van der Waals surface area contributed by atoms with Gasteiger partial charge < -0.3 is 9.84 Å². The van der Waals surface area contributed by atoms with Gasteiger partial charge in [-0.2, -0.15) is 0 Å². The number of hydrogen-bond donors (Lipinski definition) is 2. The van der Waals surface area contributed by atoms with Crippen LogP contribution in [0.5, 0.6) is 0 Å². The summed E-state index contributed by atoms with van der Waals surface area (Å²) in [5.41, 5.74) is -1.89. The summed E-state index contributed by atoms with van der Waals surface area (Å²) in [7, 11) is 0. The molecule has 0 radical (unpaired) electrons. The predicted molar refractivity (Wildman–Crippen MR) is 84.0 cm³/mol. The third kappa shape index (κ3) is 3.16. The number of carbonyl (C=O) groups is 2. The Bertz CT molecular complexity index is 663. The van der Waals surface area contributed by atoms with E-state index in [9.17, 15) is 19.1 Å². The monoisotopic (exact) mass is 323 g/mol. The maximum Gasteiger partial charge on any atom is 0.412 e. The molecule has 23 heavy (non-hydrogen) atoms. The zero-order valence-corrected chi connectivity index (χ0v) is 14.0. The molecule has 1 amide bonds. The average Bonchev–Trinajstić information content (AvgIpc) is 2.94. The molecule has 1 saturated carbocycles. The molecule has 0 bridgehead atoms. The minimum atomic E-state index is -1.21. The van der Waals surface area contributed by atoms with Gasteiger partial charge in [0.25, 0.3) is 0 Å². The molecule has 5 nitrogen and oxygen atoms in total. The van der Waals surface area contributed by atoms with E-state index in [0.29, 0.717) is 6.42 Å². The maximum atomic E-state index is 13.7. The van der Waals surface area contributed by atoms with Crippen molar-refractivity contribution in [1.29, 1.82) is 0 Å². The first-order chi connectivity index (χ1) is 10.4. The molecule has 1 unspecified atom stereocenters. The fourth-order valence-electron chi connectivity index (χ4n) is 2.95. The second-order valence-corrected chi connectivity index (χ2v) is 7.59. The molecular weight excluding hydrogens is 301 g/mol. The standard InChI is InChI=1S/C17H22FNO4/c1-15(2,3)23-14(22)19-12-7-6-10(18)8-11(12)17(13(20)21)9-16(17,4)5/h6-8H,9H2,1-5H3,(H,19,22)(H,20,21).